The predicted molar refractivity (Wildman–Crippen MR) is 81.6 cm³/mol. The first kappa shape index (κ1) is 17.0. The minimum Gasteiger partial charge on any atom is -0.480 e. The van der Waals surface area contributed by atoms with E-state index in [1.165, 1.54) is 0 Å². The third-order valence-electron chi connectivity index (χ3n) is 4.60. The number of nitrogens with one attached hydrogen (secondary N) is 1. The van der Waals surface area contributed by atoms with E-state index < -0.39 is 17.7 Å². The topological polar surface area (TPSA) is 65.5 Å². The highest BCUT2D eigenvalue weighted by atomic mass is 19.4. The molecule has 0 atom stereocenters. The Hall–Kier alpha value is -1.83. The Morgan fingerprint density at radius 1 is 1.38 bits per heavy atom. The van der Waals surface area contributed by atoms with Gasteiger partial charge in [0.1, 0.15) is 5.82 Å². The number of anilines is 1. The molecule has 0 unspecified atom stereocenters. The molecule has 2 N–H and O–H groups in total. The van der Waals surface area contributed by atoms with Crippen molar-refractivity contribution in [3.8, 4) is 0 Å². The van der Waals surface area contributed by atoms with Gasteiger partial charge < -0.3 is 10.4 Å². The van der Waals surface area contributed by atoms with Crippen LogP contribution in [-0.4, -0.2) is 46.1 Å². The van der Waals surface area contributed by atoms with Crippen LogP contribution < -0.4 is 5.32 Å². The molecule has 2 aliphatic carbocycles. The van der Waals surface area contributed by atoms with Crippen molar-refractivity contribution in [1.29, 1.82) is 0 Å². The van der Waals surface area contributed by atoms with Crippen LogP contribution in [-0.2, 0) is 11.0 Å². The minimum absolute atomic E-state index is 0.0235. The van der Waals surface area contributed by atoms with Crippen LogP contribution in [0.2, 0.25) is 0 Å². The van der Waals surface area contributed by atoms with Crippen molar-refractivity contribution >= 4 is 11.8 Å². The van der Waals surface area contributed by atoms with Crippen LogP contribution in [0, 0.1) is 5.92 Å². The van der Waals surface area contributed by atoms with Gasteiger partial charge in [-0.25, -0.2) is 4.98 Å². The SMILES string of the molecule is O=C(O)CN(CC1CC1)C1CC(Nc2cc(C(F)(F)F)ccn2)C1. The first-order valence-corrected chi connectivity index (χ1v) is 8.07. The Kier molecular flexibility index (Phi) is 4.67. The third kappa shape index (κ3) is 4.37. The number of rotatable bonds is 7. The van der Waals surface area contributed by atoms with E-state index in [4.69, 9.17) is 5.11 Å². The summed E-state index contributed by atoms with van der Waals surface area (Å²) in [6, 6.07) is 2.15. The molecule has 2 fully saturated rings. The fourth-order valence-corrected chi connectivity index (χ4v) is 3.05. The maximum absolute atomic E-state index is 12.7. The predicted octanol–water partition coefficient (Wildman–Crippen LogP) is 2.84. The Balaban J connectivity index is 1.53. The summed E-state index contributed by atoms with van der Waals surface area (Å²) in [7, 11) is 0. The zero-order valence-corrected chi connectivity index (χ0v) is 13.1. The molecule has 1 aromatic heterocycles. The number of hydrogen-bond acceptors (Lipinski definition) is 4. The standard InChI is InChI=1S/C16H20F3N3O2/c17-16(18,19)11-3-4-20-14(5-11)21-12-6-13(7-12)22(9-15(23)24)8-10-1-2-10/h3-5,10,12-13H,1-2,6-9H2,(H,20,21)(H,23,24). The largest absolute Gasteiger partial charge is 0.480 e. The molecule has 5 nitrogen and oxygen atoms in total. The maximum Gasteiger partial charge on any atom is 0.416 e. The van der Waals surface area contributed by atoms with Gasteiger partial charge in [-0.2, -0.15) is 13.2 Å². The molecule has 2 saturated carbocycles. The van der Waals surface area contributed by atoms with Crippen molar-refractivity contribution in [3.63, 3.8) is 0 Å². The quantitative estimate of drug-likeness (QED) is 0.797. The average Bonchev–Trinajstić information content (AvgIpc) is 3.24. The van der Waals surface area contributed by atoms with Crippen LogP contribution in [0.25, 0.3) is 0 Å². The first-order chi connectivity index (χ1) is 11.3. The molecule has 0 spiro atoms. The number of carboxylic acids is 1. The zero-order chi connectivity index (χ0) is 17.3. The van der Waals surface area contributed by atoms with E-state index in [0.29, 0.717) is 5.92 Å². The molecule has 3 rings (SSSR count). The van der Waals surface area contributed by atoms with Crippen LogP contribution in [0.3, 0.4) is 0 Å². The summed E-state index contributed by atoms with van der Waals surface area (Å²) in [5.74, 6) is -0.0339. The molecule has 8 heteroatoms. The summed E-state index contributed by atoms with van der Waals surface area (Å²) in [4.78, 5) is 16.9. The molecule has 2 aliphatic rings. The van der Waals surface area contributed by atoms with E-state index >= 15 is 0 Å². The van der Waals surface area contributed by atoms with Gasteiger partial charge in [0.2, 0.25) is 0 Å². The fraction of sp³-hybridized carbons (Fsp3) is 0.625. The van der Waals surface area contributed by atoms with Crippen molar-refractivity contribution in [2.75, 3.05) is 18.4 Å². The van der Waals surface area contributed by atoms with Crippen molar-refractivity contribution in [1.82, 2.24) is 9.88 Å². The molecule has 1 heterocycles. The van der Waals surface area contributed by atoms with E-state index in [1.807, 2.05) is 4.90 Å². The van der Waals surface area contributed by atoms with Crippen LogP contribution >= 0.6 is 0 Å². The lowest BCUT2D eigenvalue weighted by molar-refractivity contribution is -0.139. The number of hydrogen-bond donors (Lipinski definition) is 2. The monoisotopic (exact) mass is 343 g/mol. The number of alkyl halides is 3. The summed E-state index contributed by atoms with van der Waals surface area (Å²) in [5, 5.41) is 12.0. The van der Waals surface area contributed by atoms with Crippen LogP contribution in [0.4, 0.5) is 19.0 Å². The summed E-state index contributed by atoms with van der Waals surface area (Å²) >= 11 is 0. The maximum atomic E-state index is 12.7. The Morgan fingerprint density at radius 3 is 2.67 bits per heavy atom. The fourth-order valence-electron chi connectivity index (χ4n) is 3.05. The van der Waals surface area contributed by atoms with Gasteiger partial charge in [0.05, 0.1) is 12.1 Å². The van der Waals surface area contributed by atoms with Crippen molar-refractivity contribution in [2.45, 2.75) is 43.9 Å². The van der Waals surface area contributed by atoms with E-state index in [9.17, 15) is 18.0 Å². The number of aromatic nitrogens is 1. The Morgan fingerprint density at radius 2 is 2.08 bits per heavy atom. The van der Waals surface area contributed by atoms with Gasteiger partial charge >= 0.3 is 12.1 Å². The number of carboxylic acid groups (broad SMARTS) is 1. The molecule has 0 saturated heterocycles. The molecular formula is C16H20F3N3O2. The lowest BCUT2D eigenvalue weighted by Gasteiger charge is -2.43. The number of pyridine rings is 1. The second-order valence-electron chi connectivity index (χ2n) is 6.66. The highest BCUT2D eigenvalue weighted by Gasteiger charge is 2.37. The Bertz CT molecular complexity index is 598. The molecule has 0 amide bonds. The van der Waals surface area contributed by atoms with Gasteiger partial charge in [0, 0.05) is 24.8 Å². The highest BCUT2D eigenvalue weighted by molar-refractivity contribution is 5.69. The smallest absolute Gasteiger partial charge is 0.416 e. The van der Waals surface area contributed by atoms with Gasteiger partial charge in [-0.15, -0.1) is 0 Å². The minimum atomic E-state index is -4.38. The molecule has 0 aromatic carbocycles. The lowest BCUT2D eigenvalue weighted by Crippen LogP contribution is -2.52. The molecule has 0 radical (unpaired) electrons. The van der Waals surface area contributed by atoms with E-state index in [-0.39, 0.29) is 24.4 Å². The molecule has 24 heavy (non-hydrogen) atoms. The molecular weight excluding hydrogens is 323 g/mol. The summed E-state index contributed by atoms with van der Waals surface area (Å²) < 4.78 is 38.1. The number of halogens is 3. The highest BCUT2D eigenvalue weighted by Crippen LogP contribution is 2.35. The Labute approximate surface area is 137 Å². The van der Waals surface area contributed by atoms with Gasteiger partial charge in [-0.05, 0) is 43.7 Å². The molecule has 132 valence electrons. The van der Waals surface area contributed by atoms with E-state index in [0.717, 1.165) is 50.6 Å². The van der Waals surface area contributed by atoms with Gasteiger partial charge in [0.15, 0.2) is 0 Å². The summed E-state index contributed by atoms with van der Waals surface area (Å²) in [5.41, 5.74) is -0.725. The van der Waals surface area contributed by atoms with E-state index in [2.05, 4.69) is 10.3 Å². The van der Waals surface area contributed by atoms with Crippen molar-refractivity contribution < 1.29 is 23.1 Å². The van der Waals surface area contributed by atoms with Crippen LogP contribution in [0.5, 0.6) is 0 Å². The summed E-state index contributed by atoms with van der Waals surface area (Å²) in [6.45, 7) is 0.821. The molecule has 0 aliphatic heterocycles. The van der Waals surface area contributed by atoms with Gasteiger partial charge in [-0.1, -0.05) is 0 Å². The number of carbonyl (C=O) groups is 1. The third-order valence-corrected chi connectivity index (χ3v) is 4.60. The lowest BCUT2D eigenvalue weighted by atomic mass is 9.85. The summed E-state index contributed by atoms with van der Waals surface area (Å²) in [6.07, 6.45) is 0.502. The van der Waals surface area contributed by atoms with Gasteiger partial charge in [-0.3, -0.25) is 9.69 Å². The first-order valence-electron chi connectivity index (χ1n) is 8.07. The van der Waals surface area contributed by atoms with Crippen LogP contribution in [0.15, 0.2) is 18.3 Å². The van der Waals surface area contributed by atoms with Crippen molar-refractivity contribution in [3.05, 3.63) is 23.9 Å². The van der Waals surface area contributed by atoms with Gasteiger partial charge in [0.25, 0.3) is 0 Å². The number of nitrogens with zero attached hydrogens (tertiary/aromatic N) is 2. The van der Waals surface area contributed by atoms with E-state index in [1.54, 1.807) is 0 Å². The van der Waals surface area contributed by atoms with Crippen molar-refractivity contribution in [2.24, 2.45) is 5.92 Å². The zero-order valence-electron chi connectivity index (χ0n) is 13.1. The number of aliphatic carboxylic acids is 1. The molecule has 1 aromatic rings. The van der Waals surface area contributed by atoms with Crippen LogP contribution in [0.1, 0.15) is 31.2 Å². The average molecular weight is 343 g/mol. The normalized spacial score (nSPS) is 23.8. The second-order valence-corrected chi connectivity index (χ2v) is 6.66. The second kappa shape index (κ2) is 6.58. The molecule has 0 bridgehead atoms.